The smallest absolute Gasteiger partial charge is 0.224 e. The summed E-state index contributed by atoms with van der Waals surface area (Å²) < 4.78 is 1.85. The molecule has 0 unspecified atom stereocenters. The van der Waals surface area contributed by atoms with Crippen LogP contribution in [0.1, 0.15) is 48.6 Å². The lowest BCUT2D eigenvalue weighted by Gasteiger charge is -2.08. The molecule has 1 heterocycles. The standard InChI is InChI=1S/C20H26N4O2/c1-3-24-13-17(14(2)23-24)12-21-19(25)9-10-20(26)22-18-8-7-15-5-4-6-16(15)11-18/h7-8,11,13H,3-6,9-10,12H2,1-2H3,(H,21,25)(H,22,26). The number of nitrogens with zero attached hydrogens (tertiary/aromatic N) is 2. The van der Waals surface area contributed by atoms with E-state index in [-0.39, 0.29) is 24.7 Å². The number of hydrogen-bond donors (Lipinski definition) is 2. The van der Waals surface area contributed by atoms with Gasteiger partial charge in [0.1, 0.15) is 0 Å². The van der Waals surface area contributed by atoms with E-state index in [1.807, 2.05) is 30.8 Å². The predicted octanol–water partition coefficient (Wildman–Crippen LogP) is 2.74. The number of amides is 2. The first-order valence-electron chi connectivity index (χ1n) is 9.26. The first-order valence-corrected chi connectivity index (χ1v) is 9.26. The predicted molar refractivity (Wildman–Crippen MR) is 101 cm³/mol. The van der Waals surface area contributed by atoms with Crippen molar-refractivity contribution in [1.82, 2.24) is 15.1 Å². The van der Waals surface area contributed by atoms with Crippen LogP contribution in [0.3, 0.4) is 0 Å². The SMILES string of the molecule is CCn1cc(CNC(=O)CCC(=O)Nc2ccc3c(c2)CCC3)c(C)n1. The Hall–Kier alpha value is -2.63. The molecule has 0 radical (unpaired) electrons. The fourth-order valence-electron chi connectivity index (χ4n) is 3.28. The number of hydrogen-bond acceptors (Lipinski definition) is 3. The van der Waals surface area contributed by atoms with Crippen LogP contribution in [0.25, 0.3) is 0 Å². The number of fused-ring (bicyclic) bond motifs is 1. The van der Waals surface area contributed by atoms with Gasteiger partial charge in [-0.1, -0.05) is 6.07 Å². The molecule has 0 bridgehead atoms. The van der Waals surface area contributed by atoms with Gasteiger partial charge in [-0.15, -0.1) is 0 Å². The molecular weight excluding hydrogens is 328 g/mol. The van der Waals surface area contributed by atoms with Crippen molar-refractivity contribution >= 4 is 17.5 Å². The van der Waals surface area contributed by atoms with Crippen molar-refractivity contribution in [3.05, 3.63) is 46.8 Å². The third-order valence-electron chi connectivity index (χ3n) is 4.81. The van der Waals surface area contributed by atoms with Gasteiger partial charge in [-0.25, -0.2) is 0 Å². The van der Waals surface area contributed by atoms with Crippen LogP contribution < -0.4 is 10.6 Å². The van der Waals surface area contributed by atoms with Crippen molar-refractivity contribution in [1.29, 1.82) is 0 Å². The average molecular weight is 354 g/mol. The van der Waals surface area contributed by atoms with Crippen molar-refractivity contribution in [3.8, 4) is 0 Å². The van der Waals surface area contributed by atoms with E-state index in [1.165, 1.54) is 17.5 Å². The number of anilines is 1. The first-order chi connectivity index (χ1) is 12.5. The third kappa shape index (κ3) is 4.50. The van der Waals surface area contributed by atoms with Gasteiger partial charge in [0, 0.05) is 43.4 Å². The summed E-state index contributed by atoms with van der Waals surface area (Å²) in [7, 11) is 0. The molecule has 1 aliphatic rings. The highest BCUT2D eigenvalue weighted by Crippen LogP contribution is 2.24. The van der Waals surface area contributed by atoms with E-state index in [1.54, 1.807) is 0 Å². The zero-order valence-corrected chi connectivity index (χ0v) is 15.5. The summed E-state index contributed by atoms with van der Waals surface area (Å²) in [6, 6.07) is 6.08. The Labute approximate surface area is 154 Å². The van der Waals surface area contributed by atoms with Crippen molar-refractivity contribution in [3.63, 3.8) is 0 Å². The zero-order chi connectivity index (χ0) is 18.5. The molecule has 1 aliphatic carbocycles. The number of aryl methyl sites for hydroxylation is 4. The van der Waals surface area contributed by atoms with E-state index in [0.717, 1.165) is 36.3 Å². The molecular formula is C20H26N4O2. The average Bonchev–Trinajstić information content (AvgIpc) is 3.23. The molecule has 26 heavy (non-hydrogen) atoms. The highest BCUT2D eigenvalue weighted by molar-refractivity contribution is 5.93. The largest absolute Gasteiger partial charge is 0.352 e. The second-order valence-electron chi connectivity index (χ2n) is 6.76. The molecule has 6 heteroatoms. The molecule has 0 atom stereocenters. The summed E-state index contributed by atoms with van der Waals surface area (Å²) in [6.07, 6.45) is 5.68. The zero-order valence-electron chi connectivity index (χ0n) is 15.5. The molecule has 138 valence electrons. The quantitative estimate of drug-likeness (QED) is 0.803. The van der Waals surface area contributed by atoms with Crippen LogP contribution in [0.4, 0.5) is 5.69 Å². The van der Waals surface area contributed by atoms with E-state index in [9.17, 15) is 9.59 Å². The van der Waals surface area contributed by atoms with E-state index >= 15 is 0 Å². The summed E-state index contributed by atoms with van der Waals surface area (Å²) >= 11 is 0. The van der Waals surface area contributed by atoms with Gasteiger partial charge in [-0.3, -0.25) is 14.3 Å². The summed E-state index contributed by atoms with van der Waals surface area (Å²) in [5.41, 5.74) is 5.44. The number of nitrogens with one attached hydrogen (secondary N) is 2. The number of carbonyl (C=O) groups excluding carboxylic acids is 2. The van der Waals surface area contributed by atoms with Crippen LogP contribution in [0.5, 0.6) is 0 Å². The highest BCUT2D eigenvalue weighted by atomic mass is 16.2. The van der Waals surface area contributed by atoms with Crippen LogP contribution in [-0.2, 0) is 35.5 Å². The van der Waals surface area contributed by atoms with Gasteiger partial charge in [-0.05, 0) is 56.4 Å². The second-order valence-corrected chi connectivity index (χ2v) is 6.76. The maximum absolute atomic E-state index is 12.1. The topological polar surface area (TPSA) is 76.0 Å². The number of rotatable bonds is 7. The number of carbonyl (C=O) groups is 2. The molecule has 2 aromatic rings. The molecule has 3 rings (SSSR count). The maximum Gasteiger partial charge on any atom is 0.224 e. The molecule has 6 nitrogen and oxygen atoms in total. The summed E-state index contributed by atoms with van der Waals surface area (Å²) in [6.45, 7) is 5.20. The molecule has 1 aromatic carbocycles. The molecule has 2 N–H and O–H groups in total. The van der Waals surface area contributed by atoms with Crippen LogP contribution in [0.2, 0.25) is 0 Å². The minimum Gasteiger partial charge on any atom is -0.352 e. The number of benzene rings is 1. The van der Waals surface area contributed by atoms with Gasteiger partial charge in [0.2, 0.25) is 11.8 Å². The van der Waals surface area contributed by atoms with Gasteiger partial charge in [0.15, 0.2) is 0 Å². The van der Waals surface area contributed by atoms with Gasteiger partial charge < -0.3 is 10.6 Å². The monoisotopic (exact) mass is 354 g/mol. The van der Waals surface area contributed by atoms with Crippen LogP contribution in [0.15, 0.2) is 24.4 Å². The molecule has 0 fully saturated rings. The summed E-state index contributed by atoms with van der Waals surface area (Å²) in [4.78, 5) is 24.1. The lowest BCUT2D eigenvalue weighted by atomic mass is 10.1. The molecule has 0 saturated carbocycles. The first kappa shape index (κ1) is 18.2. The Morgan fingerprint density at radius 3 is 2.69 bits per heavy atom. The molecule has 0 aliphatic heterocycles. The second kappa shape index (κ2) is 8.17. The van der Waals surface area contributed by atoms with Gasteiger partial charge in [-0.2, -0.15) is 5.10 Å². The number of aromatic nitrogens is 2. The Bertz CT molecular complexity index is 810. The minimum absolute atomic E-state index is 0.127. The van der Waals surface area contributed by atoms with Crippen LogP contribution in [0, 0.1) is 6.92 Å². The fourth-order valence-corrected chi connectivity index (χ4v) is 3.28. The van der Waals surface area contributed by atoms with Gasteiger partial charge in [0.05, 0.1) is 5.69 Å². The van der Waals surface area contributed by atoms with Crippen molar-refractivity contribution in [2.24, 2.45) is 0 Å². The Morgan fingerprint density at radius 1 is 1.15 bits per heavy atom. The lowest BCUT2D eigenvalue weighted by molar-refractivity contribution is -0.124. The highest BCUT2D eigenvalue weighted by Gasteiger charge is 2.13. The van der Waals surface area contributed by atoms with Crippen molar-refractivity contribution in [2.45, 2.75) is 59.0 Å². The lowest BCUT2D eigenvalue weighted by Crippen LogP contribution is -2.24. The minimum atomic E-state index is -0.131. The van der Waals surface area contributed by atoms with Gasteiger partial charge >= 0.3 is 0 Å². The fraction of sp³-hybridized carbons (Fsp3) is 0.450. The van der Waals surface area contributed by atoms with Gasteiger partial charge in [0.25, 0.3) is 0 Å². The normalized spacial score (nSPS) is 12.7. The van der Waals surface area contributed by atoms with E-state index in [0.29, 0.717) is 6.54 Å². The Balaban J connectivity index is 1.42. The van der Waals surface area contributed by atoms with E-state index in [2.05, 4.69) is 27.9 Å². The Kier molecular flexibility index (Phi) is 5.71. The summed E-state index contributed by atoms with van der Waals surface area (Å²) in [5, 5.41) is 10.1. The molecule has 1 aromatic heterocycles. The Morgan fingerprint density at radius 2 is 1.92 bits per heavy atom. The van der Waals surface area contributed by atoms with E-state index < -0.39 is 0 Å². The van der Waals surface area contributed by atoms with Crippen LogP contribution in [-0.4, -0.2) is 21.6 Å². The van der Waals surface area contributed by atoms with Crippen LogP contribution >= 0.6 is 0 Å². The third-order valence-corrected chi connectivity index (χ3v) is 4.81. The molecule has 0 spiro atoms. The maximum atomic E-state index is 12.1. The van der Waals surface area contributed by atoms with Crippen molar-refractivity contribution in [2.75, 3.05) is 5.32 Å². The van der Waals surface area contributed by atoms with Crippen molar-refractivity contribution < 1.29 is 9.59 Å². The summed E-state index contributed by atoms with van der Waals surface area (Å²) in [5.74, 6) is -0.258. The molecule has 2 amide bonds. The van der Waals surface area contributed by atoms with E-state index in [4.69, 9.17) is 0 Å². The molecule has 0 saturated heterocycles.